The first-order chi connectivity index (χ1) is 14.2. The van der Waals surface area contributed by atoms with E-state index in [1.54, 1.807) is 0 Å². The summed E-state index contributed by atoms with van der Waals surface area (Å²) in [4.78, 5) is 24.9. The number of carbonyl (C=O) groups excluding carboxylic acids is 2. The summed E-state index contributed by atoms with van der Waals surface area (Å²) in [7, 11) is 0. The lowest BCUT2D eigenvalue weighted by Crippen LogP contribution is -2.48. The maximum atomic E-state index is 12.7. The van der Waals surface area contributed by atoms with Crippen LogP contribution in [0.5, 0.6) is 0 Å². The first-order valence-corrected chi connectivity index (χ1v) is 11.9. The van der Waals surface area contributed by atoms with E-state index in [4.69, 9.17) is 9.47 Å². The van der Waals surface area contributed by atoms with Gasteiger partial charge in [0.1, 0.15) is 6.10 Å². The molecule has 6 aliphatic rings. The highest BCUT2D eigenvalue weighted by atomic mass is 16.6. The molecule has 1 aliphatic heterocycles. The van der Waals surface area contributed by atoms with Gasteiger partial charge in [0.25, 0.3) is 5.76 Å². The molecule has 1 saturated heterocycles. The van der Waals surface area contributed by atoms with Crippen LogP contribution in [0.25, 0.3) is 0 Å². The van der Waals surface area contributed by atoms with Crippen molar-refractivity contribution in [1.29, 1.82) is 0 Å². The monoisotopic (exact) mass is 413 g/mol. The fraction of sp³-hybridized carbons (Fsp3) is 0.800. The Bertz CT molecular complexity index is 864. The quantitative estimate of drug-likeness (QED) is 0.542. The largest absolute Gasteiger partial charge is 0.477 e. The van der Waals surface area contributed by atoms with Gasteiger partial charge < -0.3 is 14.6 Å². The Morgan fingerprint density at radius 1 is 1.30 bits per heavy atom. The van der Waals surface area contributed by atoms with Crippen LogP contribution in [0.3, 0.4) is 0 Å². The molecular formula is C25H33O5+. The zero-order valence-electron chi connectivity index (χ0n) is 18.4. The molecule has 0 aromatic heterocycles. The van der Waals surface area contributed by atoms with Crippen LogP contribution in [0.1, 0.15) is 59.8 Å². The first kappa shape index (κ1) is 19.1. The maximum Gasteiger partial charge on any atom is 0.423 e. The van der Waals surface area contributed by atoms with Crippen molar-refractivity contribution in [2.75, 3.05) is 6.61 Å². The summed E-state index contributed by atoms with van der Waals surface area (Å²) in [5, 5.41) is 10.6. The number of hydrogen-bond donors (Lipinski definition) is 1. The second kappa shape index (κ2) is 5.58. The number of aliphatic hydroxyl groups excluding tert-OH is 1. The molecule has 1 N–H and O–H groups in total. The van der Waals surface area contributed by atoms with Gasteiger partial charge in [-0.25, -0.2) is 4.79 Å². The molecule has 4 saturated carbocycles. The van der Waals surface area contributed by atoms with Crippen molar-refractivity contribution in [2.24, 2.45) is 51.8 Å². The third-order valence-corrected chi connectivity index (χ3v) is 10.9. The predicted octanol–water partition coefficient (Wildman–Crippen LogP) is 4.23. The van der Waals surface area contributed by atoms with Crippen LogP contribution in [0, 0.1) is 57.7 Å². The molecule has 0 radical (unpaired) electrons. The molecule has 5 aliphatic carbocycles. The third-order valence-electron chi connectivity index (χ3n) is 10.9. The molecule has 6 rings (SSSR count). The number of fused-ring (bicyclic) bond motifs is 7. The van der Waals surface area contributed by atoms with Gasteiger partial charge in [0.2, 0.25) is 5.92 Å². The minimum absolute atomic E-state index is 0.00706. The normalized spacial score (nSPS) is 54.9. The number of allylic oxidation sites excluding steroid dienone is 1. The number of hydrogen-bond acceptors (Lipinski definition) is 5. The summed E-state index contributed by atoms with van der Waals surface area (Å²) < 4.78 is 11.1. The fourth-order valence-corrected chi connectivity index (χ4v) is 9.77. The average Bonchev–Trinajstić information content (AvgIpc) is 2.95. The summed E-state index contributed by atoms with van der Waals surface area (Å²) >= 11 is 0. The molecule has 0 aromatic carbocycles. The van der Waals surface area contributed by atoms with Crippen molar-refractivity contribution in [3.63, 3.8) is 0 Å². The van der Waals surface area contributed by atoms with Crippen LogP contribution >= 0.6 is 0 Å². The Hall–Kier alpha value is -1.65. The first-order valence-electron chi connectivity index (χ1n) is 11.9. The van der Waals surface area contributed by atoms with Gasteiger partial charge in [-0.05, 0) is 62.2 Å². The number of rotatable bonds is 2. The lowest BCUT2D eigenvalue weighted by atomic mass is 9.50. The molecule has 5 fully saturated rings. The SMILES string of the molecule is CCOC(=O)[C+]1C(O)=CC23CC[C@H]4[C@@H]5C[C@@H]6OC(=O)[C@@H](C)[C@@H]6[C@@]5(C)CC[C@@H]4[C@@]2(C)C13. The highest BCUT2D eigenvalue weighted by Crippen LogP contribution is 2.87. The summed E-state index contributed by atoms with van der Waals surface area (Å²) in [5.74, 6) is 2.55. The molecule has 0 bridgehead atoms. The lowest BCUT2D eigenvalue weighted by molar-refractivity contribution is -0.145. The Labute approximate surface area is 178 Å². The number of esters is 2. The van der Waals surface area contributed by atoms with Gasteiger partial charge in [0.15, 0.2) is 0 Å². The average molecular weight is 414 g/mol. The molecule has 0 aromatic rings. The minimum atomic E-state index is -0.336. The summed E-state index contributed by atoms with van der Waals surface area (Å²) in [6.07, 6.45) is 7.53. The summed E-state index contributed by atoms with van der Waals surface area (Å²) in [6.45, 7) is 8.98. The van der Waals surface area contributed by atoms with Crippen LogP contribution in [0.4, 0.5) is 0 Å². The van der Waals surface area contributed by atoms with Crippen LogP contribution in [-0.4, -0.2) is 29.8 Å². The highest BCUT2D eigenvalue weighted by Gasteiger charge is 2.90. The Balaban J connectivity index is 1.32. The fourth-order valence-electron chi connectivity index (χ4n) is 9.77. The summed E-state index contributed by atoms with van der Waals surface area (Å²) in [6, 6.07) is 0. The second-order valence-corrected chi connectivity index (χ2v) is 11.4. The number of carbonyl (C=O) groups is 2. The van der Waals surface area contributed by atoms with Crippen LogP contribution in [-0.2, 0) is 19.1 Å². The number of aliphatic hydroxyl groups is 1. The van der Waals surface area contributed by atoms with Crippen molar-refractivity contribution in [3.05, 3.63) is 17.8 Å². The van der Waals surface area contributed by atoms with E-state index in [-0.39, 0.29) is 51.9 Å². The maximum absolute atomic E-state index is 12.7. The molecule has 5 heteroatoms. The topological polar surface area (TPSA) is 72.8 Å². The molecule has 0 amide bonds. The van der Waals surface area contributed by atoms with Gasteiger partial charge in [-0.3, -0.25) is 4.79 Å². The van der Waals surface area contributed by atoms with Crippen molar-refractivity contribution in [2.45, 2.75) is 65.9 Å². The van der Waals surface area contributed by atoms with E-state index in [9.17, 15) is 14.7 Å². The summed E-state index contributed by atoms with van der Waals surface area (Å²) in [5.41, 5.74) is 0.141. The van der Waals surface area contributed by atoms with E-state index < -0.39 is 0 Å². The zero-order chi connectivity index (χ0) is 21.2. The molecule has 10 atom stereocenters. The van der Waals surface area contributed by atoms with Crippen LogP contribution in [0.2, 0.25) is 0 Å². The van der Waals surface area contributed by atoms with E-state index in [2.05, 4.69) is 20.8 Å². The van der Waals surface area contributed by atoms with Gasteiger partial charge in [-0.2, -0.15) is 0 Å². The zero-order valence-corrected chi connectivity index (χ0v) is 18.4. The van der Waals surface area contributed by atoms with Crippen molar-refractivity contribution in [1.82, 2.24) is 0 Å². The molecule has 1 heterocycles. The van der Waals surface area contributed by atoms with Gasteiger partial charge >= 0.3 is 11.9 Å². The minimum Gasteiger partial charge on any atom is -0.477 e. The van der Waals surface area contributed by atoms with Gasteiger partial charge in [0, 0.05) is 11.3 Å². The van der Waals surface area contributed by atoms with Crippen molar-refractivity contribution in [3.8, 4) is 0 Å². The van der Waals surface area contributed by atoms with Crippen LogP contribution < -0.4 is 0 Å². The Morgan fingerprint density at radius 2 is 2.07 bits per heavy atom. The molecule has 2 unspecified atom stereocenters. The van der Waals surface area contributed by atoms with Gasteiger partial charge in [0.05, 0.1) is 29.9 Å². The predicted molar refractivity (Wildman–Crippen MR) is 109 cm³/mol. The van der Waals surface area contributed by atoms with Crippen molar-refractivity contribution < 1.29 is 24.2 Å². The standard InChI is InChI=1S/C25H32O5/c1-5-29-22(28)18-16(26)11-25-9-6-13-14(24(25,4)20(18)25)7-8-23(3)15(13)10-17-19(23)12(2)21(27)30-17/h11-15,17,19-20H,5-10H2,1-4H3/p+1/t12-,13+,14-,15-,17-,19-,20?,23-,24-,25?/m0/s1. The third kappa shape index (κ3) is 1.86. The lowest BCUT2D eigenvalue weighted by Gasteiger charge is -2.53. The van der Waals surface area contributed by atoms with Crippen LogP contribution in [0.15, 0.2) is 11.8 Å². The van der Waals surface area contributed by atoms with E-state index >= 15 is 0 Å². The Morgan fingerprint density at radius 3 is 2.80 bits per heavy atom. The smallest absolute Gasteiger partial charge is 0.423 e. The van der Waals surface area contributed by atoms with E-state index in [1.165, 1.54) is 0 Å². The van der Waals surface area contributed by atoms with E-state index in [0.29, 0.717) is 36.2 Å². The van der Waals surface area contributed by atoms with Gasteiger partial charge in [-0.1, -0.05) is 20.8 Å². The van der Waals surface area contributed by atoms with E-state index in [0.717, 1.165) is 32.1 Å². The molecule has 30 heavy (non-hydrogen) atoms. The number of ether oxygens (including phenoxy) is 2. The molecular weight excluding hydrogens is 380 g/mol. The van der Waals surface area contributed by atoms with E-state index in [1.807, 2.05) is 13.0 Å². The van der Waals surface area contributed by atoms with Gasteiger partial charge in [-0.15, -0.1) is 0 Å². The molecule has 5 nitrogen and oxygen atoms in total. The Kier molecular flexibility index (Phi) is 3.54. The molecule has 1 spiro atoms. The highest BCUT2D eigenvalue weighted by molar-refractivity contribution is 5.92. The van der Waals surface area contributed by atoms with Crippen molar-refractivity contribution >= 4 is 11.9 Å². The second-order valence-electron chi connectivity index (χ2n) is 11.4. The molecule has 162 valence electrons.